The van der Waals surface area contributed by atoms with E-state index in [4.69, 9.17) is 25.8 Å². The van der Waals surface area contributed by atoms with Gasteiger partial charge in [-0.15, -0.1) is 0 Å². The van der Waals surface area contributed by atoms with Crippen molar-refractivity contribution in [3.05, 3.63) is 40.8 Å². The normalized spacial score (nSPS) is 14.2. The number of benzene rings is 1. The van der Waals surface area contributed by atoms with Gasteiger partial charge in [-0.3, -0.25) is 4.98 Å². The SMILES string of the molecule is COc1nccnc1C(O)c1cc(Cl)c2c(c1)OCO2. The Hall–Kier alpha value is -2.05. The Morgan fingerprint density at radius 3 is 2.90 bits per heavy atom. The smallest absolute Gasteiger partial charge is 0.238 e. The van der Waals surface area contributed by atoms with E-state index in [1.165, 1.54) is 19.5 Å². The van der Waals surface area contributed by atoms with Crippen LogP contribution < -0.4 is 14.2 Å². The minimum atomic E-state index is -1.02. The Morgan fingerprint density at radius 1 is 1.30 bits per heavy atom. The minimum Gasteiger partial charge on any atom is -0.480 e. The lowest BCUT2D eigenvalue weighted by atomic mass is 10.1. The molecule has 0 bridgehead atoms. The number of methoxy groups -OCH3 is 1. The summed E-state index contributed by atoms with van der Waals surface area (Å²) in [6.45, 7) is 0.114. The number of aliphatic hydroxyl groups is 1. The van der Waals surface area contributed by atoms with E-state index >= 15 is 0 Å². The van der Waals surface area contributed by atoms with Crippen LogP contribution in [0.2, 0.25) is 5.02 Å². The maximum absolute atomic E-state index is 10.4. The Balaban J connectivity index is 2.02. The van der Waals surface area contributed by atoms with E-state index in [9.17, 15) is 5.11 Å². The third kappa shape index (κ3) is 2.13. The molecule has 3 rings (SSSR count). The quantitative estimate of drug-likeness (QED) is 0.932. The predicted octanol–water partition coefficient (Wildman–Crippen LogP) is 1.95. The monoisotopic (exact) mass is 294 g/mol. The summed E-state index contributed by atoms with van der Waals surface area (Å²) < 4.78 is 15.6. The van der Waals surface area contributed by atoms with Crippen LogP contribution in [0.4, 0.5) is 0 Å². The molecule has 1 N–H and O–H groups in total. The van der Waals surface area contributed by atoms with Crippen LogP contribution in [0.15, 0.2) is 24.5 Å². The molecule has 0 spiro atoms. The molecule has 0 saturated heterocycles. The number of nitrogens with zero attached hydrogens (tertiary/aromatic N) is 2. The Kier molecular flexibility index (Phi) is 3.33. The first-order chi connectivity index (χ1) is 9.70. The van der Waals surface area contributed by atoms with Gasteiger partial charge in [0.25, 0.3) is 0 Å². The zero-order valence-electron chi connectivity index (χ0n) is 10.5. The molecule has 1 unspecified atom stereocenters. The third-order valence-corrected chi connectivity index (χ3v) is 3.19. The fourth-order valence-corrected chi connectivity index (χ4v) is 2.26. The molecular weight excluding hydrogens is 284 g/mol. The number of ether oxygens (including phenoxy) is 3. The highest BCUT2D eigenvalue weighted by molar-refractivity contribution is 6.32. The van der Waals surface area contributed by atoms with E-state index in [1.807, 2.05) is 0 Å². The number of aliphatic hydroxyl groups excluding tert-OH is 1. The second kappa shape index (κ2) is 5.15. The molecule has 0 radical (unpaired) electrons. The molecule has 1 atom stereocenters. The van der Waals surface area contributed by atoms with Crippen LogP contribution in [0.3, 0.4) is 0 Å². The van der Waals surface area contributed by atoms with E-state index in [0.717, 1.165) is 0 Å². The van der Waals surface area contributed by atoms with Crippen molar-refractivity contribution < 1.29 is 19.3 Å². The number of fused-ring (bicyclic) bond motifs is 1. The van der Waals surface area contributed by atoms with Crippen LogP contribution in [0.25, 0.3) is 0 Å². The van der Waals surface area contributed by atoms with Crippen LogP contribution >= 0.6 is 11.6 Å². The zero-order chi connectivity index (χ0) is 14.1. The first kappa shape index (κ1) is 13.0. The predicted molar refractivity (Wildman–Crippen MR) is 70.2 cm³/mol. The second-order valence-corrected chi connectivity index (χ2v) is 4.50. The third-order valence-electron chi connectivity index (χ3n) is 2.91. The molecule has 0 saturated carbocycles. The molecule has 20 heavy (non-hydrogen) atoms. The summed E-state index contributed by atoms with van der Waals surface area (Å²) in [5.74, 6) is 1.23. The number of hydrogen-bond donors (Lipinski definition) is 1. The largest absolute Gasteiger partial charge is 0.480 e. The topological polar surface area (TPSA) is 73.7 Å². The molecule has 0 fully saturated rings. The number of rotatable bonds is 3. The highest BCUT2D eigenvalue weighted by atomic mass is 35.5. The maximum Gasteiger partial charge on any atom is 0.238 e. The molecule has 1 aromatic heterocycles. The van der Waals surface area contributed by atoms with Crippen molar-refractivity contribution in [1.29, 1.82) is 0 Å². The molecule has 6 nitrogen and oxygen atoms in total. The Labute approximate surface area is 119 Å². The van der Waals surface area contributed by atoms with Crippen LogP contribution in [0.5, 0.6) is 17.4 Å². The molecule has 2 aromatic rings. The lowest BCUT2D eigenvalue weighted by Crippen LogP contribution is -2.06. The van der Waals surface area contributed by atoms with Gasteiger partial charge in [0.05, 0.1) is 12.1 Å². The van der Waals surface area contributed by atoms with Gasteiger partial charge in [-0.05, 0) is 17.7 Å². The van der Waals surface area contributed by atoms with E-state index in [1.54, 1.807) is 12.1 Å². The average Bonchev–Trinajstić information content (AvgIpc) is 2.95. The van der Waals surface area contributed by atoms with Crippen molar-refractivity contribution in [1.82, 2.24) is 9.97 Å². The second-order valence-electron chi connectivity index (χ2n) is 4.09. The van der Waals surface area contributed by atoms with Gasteiger partial charge < -0.3 is 19.3 Å². The summed E-state index contributed by atoms with van der Waals surface area (Å²) >= 11 is 6.10. The highest BCUT2D eigenvalue weighted by Crippen LogP contribution is 2.42. The molecule has 1 aliphatic rings. The average molecular weight is 295 g/mol. The van der Waals surface area contributed by atoms with Gasteiger partial charge in [-0.1, -0.05) is 11.6 Å². The number of hydrogen-bond acceptors (Lipinski definition) is 6. The first-order valence-corrected chi connectivity index (χ1v) is 6.20. The molecule has 0 amide bonds. The summed E-state index contributed by atoms with van der Waals surface area (Å²) in [7, 11) is 1.47. The summed E-state index contributed by atoms with van der Waals surface area (Å²) in [5.41, 5.74) is 0.836. The molecular formula is C13H11ClN2O4. The highest BCUT2D eigenvalue weighted by Gasteiger charge is 2.24. The van der Waals surface area contributed by atoms with E-state index in [-0.39, 0.29) is 12.7 Å². The van der Waals surface area contributed by atoms with Crippen molar-refractivity contribution in [3.63, 3.8) is 0 Å². The maximum atomic E-state index is 10.4. The van der Waals surface area contributed by atoms with Crippen molar-refractivity contribution in [2.24, 2.45) is 0 Å². The summed E-state index contributed by atoms with van der Waals surface area (Å²) in [5, 5.41) is 10.8. The van der Waals surface area contributed by atoms with Gasteiger partial charge in [0.1, 0.15) is 11.8 Å². The minimum absolute atomic E-state index is 0.114. The van der Waals surface area contributed by atoms with Gasteiger partial charge in [0, 0.05) is 12.4 Å². The van der Waals surface area contributed by atoms with Gasteiger partial charge in [-0.25, -0.2) is 4.98 Å². The van der Waals surface area contributed by atoms with Crippen LogP contribution in [-0.2, 0) is 0 Å². The van der Waals surface area contributed by atoms with Gasteiger partial charge in [0.15, 0.2) is 11.5 Å². The fraction of sp³-hybridized carbons (Fsp3) is 0.231. The molecule has 1 aliphatic heterocycles. The van der Waals surface area contributed by atoms with E-state index in [2.05, 4.69) is 9.97 Å². The number of halogens is 1. The summed E-state index contributed by atoms with van der Waals surface area (Å²) in [4.78, 5) is 8.10. The molecule has 7 heteroatoms. The van der Waals surface area contributed by atoms with Crippen molar-refractivity contribution in [3.8, 4) is 17.4 Å². The molecule has 2 heterocycles. The zero-order valence-corrected chi connectivity index (χ0v) is 11.3. The lowest BCUT2D eigenvalue weighted by Gasteiger charge is -2.13. The Morgan fingerprint density at radius 2 is 2.10 bits per heavy atom. The molecule has 0 aliphatic carbocycles. The van der Waals surface area contributed by atoms with Crippen molar-refractivity contribution in [2.75, 3.05) is 13.9 Å². The van der Waals surface area contributed by atoms with Crippen LogP contribution in [0.1, 0.15) is 17.4 Å². The van der Waals surface area contributed by atoms with Crippen LogP contribution in [-0.4, -0.2) is 29.0 Å². The lowest BCUT2D eigenvalue weighted by molar-refractivity contribution is 0.173. The van der Waals surface area contributed by atoms with Crippen molar-refractivity contribution >= 4 is 11.6 Å². The van der Waals surface area contributed by atoms with Gasteiger partial charge in [0.2, 0.25) is 12.7 Å². The molecule has 104 valence electrons. The molecule has 1 aromatic carbocycles. The fourth-order valence-electron chi connectivity index (χ4n) is 1.98. The van der Waals surface area contributed by atoms with Crippen LogP contribution in [0, 0.1) is 0 Å². The summed E-state index contributed by atoms with van der Waals surface area (Å²) in [6.07, 6.45) is 1.95. The van der Waals surface area contributed by atoms with Gasteiger partial charge in [-0.2, -0.15) is 0 Å². The van der Waals surface area contributed by atoms with Gasteiger partial charge >= 0.3 is 0 Å². The van der Waals surface area contributed by atoms with Crippen molar-refractivity contribution in [2.45, 2.75) is 6.10 Å². The van der Waals surface area contributed by atoms with E-state index in [0.29, 0.717) is 27.8 Å². The summed E-state index contributed by atoms with van der Waals surface area (Å²) in [6, 6.07) is 3.26. The first-order valence-electron chi connectivity index (χ1n) is 5.82. The number of aromatic nitrogens is 2. The standard InChI is InChI=1S/C13H11ClN2O4/c1-18-13-10(15-2-3-16-13)11(17)7-4-8(14)12-9(5-7)19-6-20-12/h2-5,11,17H,6H2,1H3. The van der Waals surface area contributed by atoms with E-state index < -0.39 is 6.10 Å². The Bertz CT molecular complexity index is 650.